The summed E-state index contributed by atoms with van der Waals surface area (Å²) in [4.78, 5) is 27.6. The number of anilines is 1. The van der Waals surface area contributed by atoms with E-state index in [4.69, 9.17) is 9.47 Å². The van der Waals surface area contributed by atoms with Crippen LogP contribution in [0.3, 0.4) is 0 Å². The number of thiophene rings is 1. The van der Waals surface area contributed by atoms with Crippen molar-refractivity contribution in [2.75, 3.05) is 25.6 Å². The number of benzene rings is 1. The molecule has 148 valence electrons. The molecule has 2 amide bonds. The lowest BCUT2D eigenvalue weighted by molar-refractivity contribution is 0.0934. The number of amides is 2. The van der Waals surface area contributed by atoms with E-state index in [1.807, 2.05) is 18.2 Å². The number of hydrogen-bond acceptors (Lipinski definition) is 6. The largest absolute Gasteiger partial charge is 0.496 e. The quantitative estimate of drug-likeness (QED) is 0.612. The highest BCUT2D eigenvalue weighted by Gasteiger charge is 2.34. The number of nitrogens with zero attached hydrogens (tertiary/aromatic N) is 1. The number of rotatable bonds is 3. The first kappa shape index (κ1) is 19.3. The van der Waals surface area contributed by atoms with E-state index in [9.17, 15) is 9.59 Å². The van der Waals surface area contributed by atoms with Crippen molar-refractivity contribution in [1.82, 2.24) is 10.2 Å². The predicted molar refractivity (Wildman–Crippen MR) is 115 cm³/mol. The molecule has 0 saturated carbocycles. The number of ether oxygens (including phenoxy) is 2. The second-order valence-corrected chi connectivity index (χ2v) is 8.79. The zero-order chi connectivity index (χ0) is 19.8. The third kappa shape index (κ3) is 3.41. The second kappa shape index (κ2) is 7.78. The summed E-state index contributed by atoms with van der Waals surface area (Å²) in [5.41, 5.74) is 2.71. The molecular formula is C19H20IN3O4S. The zero-order valence-electron chi connectivity index (χ0n) is 15.5. The molecule has 0 aliphatic carbocycles. The highest BCUT2D eigenvalue weighted by Crippen LogP contribution is 2.41. The van der Waals surface area contributed by atoms with Crippen molar-refractivity contribution in [3.05, 3.63) is 43.3 Å². The van der Waals surface area contributed by atoms with Gasteiger partial charge in [0.2, 0.25) is 0 Å². The molecule has 9 heteroatoms. The number of carbonyl (C=O) groups is 2. The molecule has 0 spiro atoms. The molecule has 3 heterocycles. The van der Waals surface area contributed by atoms with E-state index >= 15 is 0 Å². The first-order chi connectivity index (χ1) is 13.5. The first-order valence-corrected chi connectivity index (χ1v) is 10.9. The van der Waals surface area contributed by atoms with Crippen molar-refractivity contribution < 1.29 is 19.1 Å². The van der Waals surface area contributed by atoms with E-state index in [1.165, 1.54) is 0 Å². The minimum Gasteiger partial charge on any atom is -0.496 e. The van der Waals surface area contributed by atoms with E-state index in [1.54, 1.807) is 30.3 Å². The fraction of sp³-hybridized carbons (Fsp3) is 0.368. The average molecular weight is 513 g/mol. The molecule has 1 aromatic heterocycles. The Kier molecular flexibility index (Phi) is 5.37. The molecule has 7 nitrogen and oxygen atoms in total. The molecule has 2 aliphatic rings. The number of hydrogen-bond donors (Lipinski definition) is 2. The maximum atomic E-state index is 12.9. The lowest BCUT2D eigenvalue weighted by Gasteiger charge is -2.28. The Balaban J connectivity index is 1.59. The third-order valence-corrected chi connectivity index (χ3v) is 6.86. The van der Waals surface area contributed by atoms with Gasteiger partial charge in [0, 0.05) is 11.4 Å². The van der Waals surface area contributed by atoms with Crippen molar-refractivity contribution in [1.29, 1.82) is 0 Å². The molecule has 2 N–H and O–H groups in total. The topological polar surface area (TPSA) is 79.9 Å². The lowest BCUT2D eigenvalue weighted by Crippen LogP contribution is -2.39. The Morgan fingerprint density at radius 1 is 1.39 bits per heavy atom. The van der Waals surface area contributed by atoms with Gasteiger partial charge in [0.05, 0.1) is 29.4 Å². The van der Waals surface area contributed by atoms with Gasteiger partial charge in [-0.1, -0.05) is 6.07 Å². The zero-order valence-corrected chi connectivity index (χ0v) is 18.5. The summed E-state index contributed by atoms with van der Waals surface area (Å²) in [6.07, 6.45) is 0.0449. The molecule has 2 aromatic rings. The van der Waals surface area contributed by atoms with Crippen LogP contribution in [0.2, 0.25) is 0 Å². The predicted octanol–water partition coefficient (Wildman–Crippen LogP) is 3.73. The van der Waals surface area contributed by atoms with Gasteiger partial charge < -0.3 is 25.0 Å². The smallest absolute Gasteiger partial charge is 0.410 e. The molecule has 0 bridgehead atoms. The highest BCUT2D eigenvalue weighted by atomic mass is 127. The fourth-order valence-electron chi connectivity index (χ4n) is 3.52. The van der Waals surface area contributed by atoms with Gasteiger partial charge >= 0.3 is 6.09 Å². The number of fused-ring (bicyclic) bond motifs is 3. The van der Waals surface area contributed by atoms with Gasteiger partial charge in [-0.25, -0.2) is 4.79 Å². The van der Waals surface area contributed by atoms with E-state index in [2.05, 4.69) is 33.2 Å². The molecule has 4 rings (SSSR count). The number of carbonyl (C=O) groups excluding carboxylic acids is 2. The van der Waals surface area contributed by atoms with Crippen molar-refractivity contribution >= 4 is 50.9 Å². The van der Waals surface area contributed by atoms with Gasteiger partial charge in [-0.2, -0.15) is 0 Å². The van der Waals surface area contributed by atoms with Crippen LogP contribution in [0.1, 0.15) is 39.5 Å². The molecule has 0 saturated heterocycles. The molecule has 0 unspecified atom stereocenters. The van der Waals surface area contributed by atoms with Gasteiger partial charge in [0.25, 0.3) is 5.91 Å². The van der Waals surface area contributed by atoms with Gasteiger partial charge in [0.15, 0.2) is 0 Å². The average Bonchev–Trinajstić information content (AvgIpc) is 3.06. The van der Waals surface area contributed by atoms with E-state index < -0.39 is 0 Å². The first-order valence-electron chi connectivity index (χ1n) is 8.98. The molecule has 0 radical (unpaired) electrons. The lowest BCUT2D eigenvalue weighted by atomic mass is 10.0. The van der Waals surface area contributed by atoms with Crippen LogP contribution in [0.25, 0.3) is 0 Å². The Hall–Kier alpha value is -2.01. The Bertz CT molecular complexity index is 946. The van der Waals surface area contributed by atoms with Gasteiger partial charge in [-0.15, -0.1) is 11.3 Å². The maximum Gasteiger partial charge on any atom is 0.410 e. The van der Waals surface area contributed by atoms with Crippen molar-refractivity contribution in [2.45, 2.75) is 26.1 Å². The van der Waals surface area contributed by atoms with E-state index in [0.29, 0.717) is 31.7 Å². The van der Waals surface area contributed by atoms with Gasteiger partial charge in [-0.05, 0) is 59.2 Å². The van der Waals surface area contributed by atoms with Crippen LogP contribution >= 0.6 is 33.9 Å². The van der Waals surface area contributed by atoms with E-state index in [0.717, 1.165) is 30.3 Å². The van der Waals surface area contributed by atoms with Crippen molar-refractivity contribution in [2.24, 2.45) is 0 Å². The summed E-state index contributed by atoms with van der Waals surface area (Å²) in [5, 5.41) is 7.35. The molecular weight excluding hydrogens is 493 g/mol. The van der Waals surface area contributed by atoms with Crippen LogP contribution in [0.15, 0.2) is 18.2 Å². The normalized spacial score (nSPS) is 17.9. The summed E-state index contributed by atoms with van der Waals surface area (Å²) >= 11 is 3.76. The minimum absolute atomic E-state index is 0.0772. The summed E-state index contributed by atoms with van der Waals surface area (Å²) in [6.45, 7) is 3.19. The number of halogens is 1. The standard InChI is InChI=1S/C19H20IN3O4S/c1-3-27-19(25)23-7-6-11-14(9-23)28-18-15(11)17(24)21-16(22-18)10-4-5-13(26-2)12(20)8-10/h4-5,8,16,22H,3,6-7,9H2,1-2H3,(H,21,24)/t16-/m0/s1. The number of nitrogens with one attached hydrogen (secondary N) is 2. The Morgan fingerprint density at radius 3 is 2.93 bits per heavy atom. The van der Waals surface area contributed by atoms with Gasteiger partial charge in [-0.3, -0.25) is 4.79 Å². The fourth-order valence-corrected chi connectivity index (χ4v) is 5.56. The van der Waals surface area contributed by atoms with Gasteiger partial charge in [0.1, 0.15) is 16.9 Å². The van der Waals surface area contributed by atoms with Crippen LogP contribution in [0, 0.1) is 3.57 Å². The molecule has 28 heavy (non-hydrogen) atoms. The monoisotopic (exact) mass is 513 g/mol. The summed E-state index contributed by atoms with van der Waals surface area (Å²) < 4.78 is 11.4. The summed E-state index contributed by atoms with van der Waals surface area (Å²) in [6, 6.07) is 5.84. The molecule has 2 aliphatic heterocycles. The summed E-state index contributed by atoms with van der Waals surface area (Å²) in [5.74, 6) is 0.726. The summed E-state index contributed by atoms with van der Waals surface area (Å²) in [7, 11) is 1.64. The molecule has 1 atom stereocenters. The van der Waals surface area contributed by atoms with E-state index in [-0.39, 0.29) is 18.2 Å². The Labute approximate surface area is 180 Å². The second-order valence-electron chi connectivity index (χ2n) is 6.52. The third-order valence-electron chi connectivity index (χ3n) is 4.87. The molecule has 0 fully saturated rings. The molecule has 1 aromatic carbocycles. The highest BCUT2D eigenvalue weighted by molar-refractivity contribution is 14.1. The maximum absolute atomic E-state index is 12.9. The minimum atomic E-state index is -0.305. The Morgan fingerprint density at radius 2 is 2.21 bits per heavy atom. The SMILES string of the molecule is CCOC(=O)N1CCc2c(sc3c2C(=O)N[C@H](c2ccc(OC)c(I)c2)N3)C1. The van der Waals surface area contributed by atoms with Crippen molar-refractivity contribution in [3.63, 3.8) is 0 Å². The van der Waals surface area contributed by atoms with Crippen LogP contribution in [0.4, 0.5) is 9.80 Å². The number of methoxy groups -OCH3 is 1. The van der Waals surface area contributed by atoms with Crippen molar-refractivity contribution in [3.8, 4) is 5.75 Å². The van der Waals surface area contributed by atoms with Crippen LogP contribution in [-0.4, -0.2) is 37.2 Å². The van der Waals surface area contributed by atoms with Crippen LogP contribution in [0.5, 0.6) is 5.75 Å². The van der Waals surface area contributed by atoms with Crippen LogP contribution < -0.4 is 15.4 Å². The van der Waals surface area contributed by atoms with Crippen LogP contribution in [-0.2, 0) is 17.7 Å².